The molecule has 0 heterocycles. The first kappa shape index (κ1) is 38.4. The summed E-state index contributed by atoms with van der Waals surface area (Å²) in [5, 5.41) is 39.7. The van der Waals surface area contributed by atoms with Crippen molar-refractivity contribution in [2.75, 3.05) is 0 Å². The fourth-order valence-electron chi connectivity index (χ4n) is 3.45. The number of aliphatic carboxylic acids is 1. The largest absolute Gasteiger partial charge is 0.478 e. The Hall–Kier alpha value is -3.58. The van der Waals surface area contributed by atoms with E-state index in [2.05, 4.69) is 0 Å². The SMILES string of the molecule is CC(=O)C(C)C(O)CC=CC=CC=CC=CC=CC=CC(O)C(C)C(O)C(C)C=CCCC=CC=CC=C(C)C(=O)O. The maximum atomic E-state index is 11.2. The van der Waals surface area contributed by atoms with Gasteiger partial charge in [-0.2, -0.15) is 0 Å². The Kier molecular flexibility index (Phi) is 22.0. The van der Waals surface area contributed by atoms with Crippen molar-refractivity contribution in [2.24, 2.45) is 17.8 Å². The summed E-state index contributed by atoms with van der Waals surface area (Å²) in [6, 6.07) is 0. The van der Waals surface area contributed by atoms with Gasteiger partial charge in [0, 0.05) is 23.3 Å². The number of allylic oxidation sites excluding steroid dienone is 16. The highest BCUT2D eigenvalue weighted by molar-refractivity contribution is 5.86. The molecule has 0 saturated carbocycles. The second kappa shape index (κ2) is 24.1. The fraction of sp³-hybridized carbons (Fsp3) is 0.389. The molecule has 0 aromatic rings. The molecule has 42 heavy (non-hydrogen) atoms. The Balaban J connectivity index is 4.38. The molecule has 0 fully saturated rings. The van der Waals surface area contributed by atoms with Crippen molar-refractivity contribution in [2.45, 2.75) is 72.2 Å². The van der Waals surface area contributed by atoms with Crippen molar-refractivity contribution in [3.8, 4) is 0 Å². The van der Waals surface area contributed by atoms with Crippen LogP contribution in [0.1, 0.15) is 53.9 Å². The summed E-state index contributed by atoms with van der Waals surface area (Å²) >= 11 is 0. The number of unbranched alkanes of at least 4 members (excludes halogenated alkanes) is 1. The molecule has 0 aliphatic heterocycles. The summed E-state index contributed by atoms with van der Waals surface area (Å²) < 4.78 is 0. The van der Waals surface area contributed by atoms with Gasteiger partial charge in [-0.3, -0.25) is 4.79 Å². The fourth-order valence-corrected chi connectivity index (χ4v) is 3.45. The lowest BCUT2D eigenvalue weighted by molar-refractivity contribution is -0.132. The Morgan fingerprint density at radius 2 is 1.14 bits per heavy atom. The van der Waals surface area contributed by atoms with Gasteiger partial charge in [0.25, 0.3) is 0 Å². The summed E-state index contributed by atoms with van der Waals surface area (Å²) in [6.07, 6.45) is 34.8. The van der Waals surface area contributed by atoms with E-state index in [1.165, 1.54) is 6.92 Å². The maximum Gasteiger partial charge on any atom is 0.331 e. The molecule has 0 aliphatic carbocycles. The number of aliphatic hydroxyl groups excluding tert-OH is 3. The number of carboxylic acid groups (broad SMARTS) is 1. The van der Waals surface area contributed by atoms with Gasteiger partial charge in [0.1, 0.15) is 5.78 Å². The zero-order chi connectivity index (χ0) is 31.8. The van der Waals surface area contributed by atoms with E-state index in [0.717, 1.165) is 12.8 Å². The van der Waals surface area contributed by atoms with Crippen molar-refractivity contribution in [1.82, 2.24) is 0 Å². The van der Waals surface area contributed by atoms with Crippen LogP contribution >= 0.6 is 0 Å². The van der Waals surface area contributed by atoms with Crippen molar-refractivity contribution < 1.29 is 30.0 Å². The standard InChI is InChI=1S/C36H50O6/c1-28(24-20-16-12-11-13-17-21-25-29(2)36(41)42)35(40)31(4)34(39)27-23-19-15-10-8-6-7-9-14-18-22-26-33(38)30(3)32(5)37/h6-11,13-15,17-25,27-28,30-31,33-35,38-40H,12,16,26H2,1-5H3,(H,41,42). The van der Waals surface area contributed by atoms with E-state index in [0.29, 0.717) is 6.42 Å². The van der Waals surface area contributed by atoms with Crippen LogP contribution < -0.4 is 0 Å². The number of carbonyl (C=O) groups excluding carboxylic acids is 1. The first-order valence-electron chi connectivity index (χ1n) is 14.4. The van der Waals surface area contributed by atoms with E-state index in [1.807, 2.05) is 98.9 Å². The molecule has 0 aromatic carbocycles. The lowest BCUT2D eigenvalue weighted by Gasteiger charge is -2.25. The maximum absolute atomic E-state index is 11.2. The van der Waals surface area contributed by atoms with Crippen LogP contribution in [0, 0.1) is 17.8 Å². The Labute approximate surface area is 252 Å². The van der Waals surface area contributed by atoms with Gasteiger partial charge in [-0.1, -0.05) is 136 Å². The zero-order valence-electron chi connectivity index (χ0n) is 25.7. The van der Waals surface area contributed by atoms with Crippen molar-refractivity contribution in [3.05, 3.63) is 121 Å². The molecule has 6 unspecified atom stereocenters. The Bertz CT molecular complexity index is 1080. The molecule has 0 aromatic heterocycles. The molecular formula is C36H50O6. The topological polar surface area (TPSA) is 115 Å². The molecule has 0 bridgehead atoms. The summed E-state index contributed by atoms with van der Waals surface area (Å²) in [5.41, 5.74) is 0.283. The van der Waals surface area contributed by atoms with E-state index < -0.39 is 24.3 Å². The predicted molar refractivity (Wildman–Crippen MR) is 174 cm³/mol. The average Bonchev–Trinajstić information content (AvgIpc) is 2.96. The molecule has 0 saturated heterocycles. The van der Waals surface area contributed by atoms with E-state index in [4.69, 9.17) is 5.11 Å². The summed E-state index contributed by atoms with van der Waals surface area (Å²) in [6.45, 7) is 8.50. The number of carboxylic acids is 1. The second-order valence-corrected chi connectivity index (χ2v) is 10.2. The third-order valence-corrected chi connectivity index (χ3v) is 6.64. The lowest BCUT2D eigenvalue weighted by atomic mass is 9.88. The number of ketones is 1. The third-order valence-electron chi connectivity index (χ3n) is 6.64. The van der Waals surface area contributed by atoms with Crippen LogP contribution in [-0.2, 0) is 9.59 Å². The quantitative estimate of drug-likeness (QED) is 0.0548. The highest BCUT2D eigenvalue weighted by Crippen LogP contribution is 2.19. The molecule has 6 nitrogen and oxygen atoms in total. The van der Waals surface area contributed by atoms with Gasteiger partial charge in [0.05, 0.1) is 18.3 Å². The smallest absolute Gasteiger partial charge is 0.331 e. The van der Waals surface area contributed by atoms with Gasteiger partial charge >= 0.3 is 5.97 Å². The van der Waals surface area contributed by atoms with Crippen molar-refractivity contribution in [1.29, 1.82) is 0 Å². The van der Waals surface area contributed by atoms with E-state index >= 15 is 0 Å². The summed E-state index contributed by atoms with van der Waals surface area (Å²) in [7, 11) is 0. The molecule has 4 N–H and O–H groups in total. The summed E-state index contributed by atoms with van der Waals surface area (Å²) in [5.74, 6) is -1.74. The minimum absolute atomic E-state index is 0.0155. The molecular weight excluding hydrogens is 528 g/mol. The molecule has 0 radical (unpaired) electrons. The van der Waals surface area contributed by atoms with Crippen LogP contribution in [0.5, 0.6) is 0 Å². The minimum atomic E-state index is -0.930. The number of hydrogen-bond acceptors (Lipinski definition) is 5. The minimum Gasteiger partial charge on any atom is -0.478 e. The van der Waals surface area contributed by atoms with E-state index in [-0.39, 0.29) is 29.1 Å². The first-order chi connectivity index (χ1) is 20.0. The number of carbonyl (C=O) groups is 2. The van der Waals surface area contributed by atoms with Crippen LogP contribution in [0.25, 0.3) is 0 Å². The van der Waals surface area contributed by atoms with E-state index in [1.54, 1.807) is 44.2 Å². The van der Waals surface area contributed by atoms with E-state index in [9.17, 15) is 24.9 Å². The van der Waals surface area contributed by atoms with Crippen molar-refractivity contribution in [3.63, 3.8) is 0 Å². The zero-order valence-corrected chi connectivity index (χ0v) is 25.7. The van der Waals surface area contributed by atoms with Gasteiger partial charge in [-0.15, -0.1) is 0 Å². The first-order valence-corrected chi connectivity index (χ1v) is 14.4. The van der Waals surface area contributed by atoms with Crippen LogP contribution in [0.2, 0.25) is 0 Å². The molecule has 6 atom stereocenters. The highest BCUT2D eigenvalue weighted by Gasteiger charge is 2.24. The molecule has 230 valence electrons. The molecule has 6 heteroatoms. The predicted octanol–water partition coefficient (Wildman–Crippen LogP) is 6.77. The number of Topliss-reactive ketones (excluding diaryl/α,β-unsaturated/α-hetero) is 1. The van der Waals surface area contributed by atoms with Crippen LogP contribution in [0.15, 0.2) is 121 Å². The number of hydrogen-bond donors (Lipinski definition) is 4. The van der Waals surface area contributed by atoms with Gasteiger partial charge in [0.2, 0.25) is 0 Å². The normalized spacial score (nSPS) is 18.2. The van der Waals surface area contributed by atoms with Crippen LogP contribution in [-0.4, -0.2) is 50.5 Å². The summed E-state index contributed by atoms with van der Waals surface area (Å²) in [4.78, 5) is 21.9. The number of aliphatic hydroxyl groups is 3. The van der Waals surface area contributed by atoms with Crippen LogP contribution in [0.4, 0.5) is 0 Å². The molecule has 0 amide bonds. The lowest BCUT2D eigenvalue weighted by Crippen LogP contribution is -2.32. The van der Waals surface area contributed by atoms with Crippen LogP contribution in [0.3, 0.4) is 0 Å². The van der Waals surface area contributed by atoms with Gasteiger partial charge in [-0.25, -0.2) is 4.79 Å². The highest BCUT2D eigenvalue weighted by atomic mass is 16.4. The molecule has 0 aliphatic rings. The van der Waals surface area contributed by atoms with Gasteiger partial charge in [0.15, 0.2) is 0 Å². The third kappa shape index (κ3) is 19.5. The average molecular weight is 579 g/mol. The number of rotatable bonds is 20. The molecule has 0 rings (SSSR count). The van der Waals surface area contributed by atoms with Gasteiger partial charge < -0.3 is 20.4 Å². The Morgan fingerprint density at radius 1 is 0.643 bits per heavy atom. The second-order valence-electron chi connectivity index (χ2n) is 10.2. The molecule has 0 spiro atoms. The van der Waals surface area contributed by atoms with Crippen molar-refractivity contribution >= 4 is 11.8 Å². The monoisotopic (exact) mass is 578 g/mol. The van der Waals surface area contributed by atoms with Gasteiger partial charge in [-0.05, 0) is 33.1 Å². The Morgan fingerprint density at radius 3 is 1.71 bits per heavy atom.